The van der Waals surface area contributed by atoms with Gasteiger partial charge in [0.1, 0.15) is 5.75 Å². The van der Waals surface area contributed by atoms with Crippen molar-refractivity contribution in [3.8, 4) is 5.75 Å². The van der Waals surface area contributed by atoms with E-state index in [0.717, 1.165) is 36.2 Å². The second kappa shape index (κ2) is 6.73. The Kier molecular flexibility index (Phi) is 5.25. The highest BCUT2D eigenvalue weighted by molar-refractivity contribution is 9.10. The normalized spacial score (nSPS) is 20.5. The van der Waals surface area contributed by atoms with Crippen molar-refractivity contribution in [3.63, 3.8) is 0 Å². The van der Waals surface area contributed by atoms with Crippen LogP contribution in [0.2, 0.25) is 0 Å². The van der Waals surface area contributed by atoms with Crippen LogP contribution in [0.1, 0.15) is 36.9 Å². The van der Waals surface area contributed by atoms with Gasteiger partial charge in [-0.3, -0.25) is 0 Å². The number of methoxy groups -OCH3 is 1. The van der Waals surface area contributed by atoms with Gasteiger partial charge in [-0.1, -0.05) is 22.9 Å². The molecule has 1 saturated heterocycles. The van der Waals surface area contributed by atoms with Gasteiger partial charge in [0.2, 0.25) is 0 Å². The van der Waals surface area contributed by atoms with Gasteiger partial charge in [-0.05, 0) is 44.0 Å². The lowest BCUT2D eigenvalue weighted by atomic mass is 9.97. The number of hydrogen-bond donors (Lipinski definition) is 1. The van der Waals surface area contributed by atoms with E-state index in [-0.39, 0.29) is 12.1 Å². The fourth-order valence-corrected chi connectivity index (χ4v) is 2.98. The molecule has 19 heavy (non-hydrogen) atoms. The van der Waals surface area contributed by atoms with Crippen molar-refractivity contribution in [3.05, 3.63) is 27.7 Å². The highest BCUT2D eigenvalue weighted by Gasteiger charge is 2.29. The third kappa shape index (κ3) is 3.30. The van der Waals surface area contributed by atoms with Gasteiger partial charge in [0, 0.05) is 16.6 Å². The highest BCUT2D eigenvalue weighted by Crippen LogP contribution is 2.35. The quantitative estimate of drug-likeness (QED) is 0.896. The minimum Gasteiger partial charge on any atom is -0.496 e. The van der Waals surface area contributed by atoms with Crippen molar-refractivity contribution < 1.29 is 9.47 Å². The topological polar surface area (TPSA) is 30.5 Å². The van der Waals surface area contributed by atoms with Gasteiger partial charge < -0.3 is 14.8 Å². The van der Waals surface area contributed by atoms with Crippen molar-refractivity contribution in [2.24, 2.45) is 0 Å². The first-order valence-electron chi connectivity index (χ1n) is 6.86. The van der Waals surface area contributed by atoms with Crippen LogP contribution in [0, 0.1) is 6.92 Å². The van der Waals surface area contributed by atoms with E-state index in [1.165, 1.54) is 11.1 Å². The lowest BCUT2D eigenvalue weighted by Crippen LogP contribution is -2.32. The molecular weight excluding hydrogens is 306 g/mol. The molecule has 0 saturated carbocycles. The van der Waals surface area contributed by atoms with Crippen LogP contribution in [0.4, 0.5) is 0 Å². The van der Waals surface area contributed by atoms with Crippen LogP contribution >= 0.6 is 15.9 Å². The van der Waals surface area contributed by atoms with E-state index >= 15 is 0 Å². The van der Waals surface area contributed by atoms with Gasteiger partial charge in [-0.2, -0.15) is 0 Å². The van der Waals surface area contributed by atoms with Crippen molar-refractivity contribution in [1.29, 1.82) is 0 Å². The Morgan fingerprint density at radius 1 is 1.53 bits per heavy atom. The molecule has 1 N–H and O–H groups in total. The minimum absolute atomic E-state index is 0.194. The standard InChI is InChI=1S/C15H22BrNO2/c1-4-17-15(13-6-5-7-19-13)11-9-12(16)10(2)8-14(11)18-3/h8-9,13,15,17H,4-7H2,1-3H3. The Labute approximate surface area is 123 Å². The molecule has 1 aromatic carbocycles. The molecule has 2 rings (SSSR count). The summed E-state index contributed by atoms with van der Waals surface area (Å²) in [6, 6.07) is 4.43. The second-order valence-electron chi connectivity index (χ2n) is 4.93. The van der Waals surface area contributed by atoms with Gasteiger partial charge in [0.15, 0.2) is 0 Å². The fraction of sp³-hybridized carbons (Fsp3) is 0.600. The largest absolute Gasteiger partial charge is 0.496 e. The van der Waals surface area contributed by atoms with Crippen LogP contribution in [0.3, 0.4) is 0 Å². The van der Waals surface area contributed by atoms with E-state index in [2.05, 4.69) is 47.2 Å². The van der Waals surface area contributed by atoms with Crippen molar-refractivity contribution in [2.45, 2.75) is 38.8 Å². The minimum atomic E-state index is 0.194. The van der Waals surface area contributed by atoms with Gasteiger partial charge in [-0.25, -0.2) is 0 Å². The van der Waals surface area contributed by atoms with E-state index in [9.17, 15) is 0 Å². The maximum absolute atomic E-state index is 5.86. The van der Waals surface area contributed by atoms with Crippen molar-refractivity contribution in [2.75, 3.05) is 20.3 Å². The van der Waals surface area contributed by atoms with E-state index in [1.807, 2.05) is 0 Å². The number of aryl methyl sites for hydroxylation is 1. The number of halogens is 1. The molecule has 1 heterocycles. The van der Waals surface area contributed by atoms with Crippen LogP contribution in [0.15, 0.2) is 16.6 Å². The summed E-state index contributed by atoms with van der Waals surface area (Å²) in [7, 11) is 1.73. The molecule has 1 aliphatic rings. The summed E-state index contributed by atoms with van der Waals surface area (Å²) in [5.74, 6) is 0.933. The molecular formula is C15H22BrNO2. The molecule has 0 aromatic heterocycles. The second-order valence-corrected chi connectivity index (χ2v) is 5.78. The molecule has 4 heteroatoms. The molecule has 3 nitrogen and oxygen atoms in total. The van der Waals surface area contributed by atoms with Crippen LogP contribution < -0.4 is 10.1 Å². The third-order valence-corrected chi connectivity index (χ3v) is 4.46. The molecule has 0 spiro atoms. The zero-order chi connectivity index (χ0) is 13.8. The van der Waals surface area contributed by atoms with Gasteiger partial charge in [-0.15, -0.1) is 0 Å². The molecule has 0 amide bonds. The van der Waals surface area contributed by atoms with E-state index in [4.69, 9.17) is 9.47 Å². The maximum Gasteiger partial charge on any atom is 0.124 e. The zero-order valence-corrected chi connectivity index (χ0v) is 13.4. The summed E-state index contributed by atoms with van der Waals surface area (Å²) < 4.78 is 12.5. The monoisotopic (exact) mass is 327 g/mol. The predicted molar refractivity (Wildman–Crippen MR) is 80.8 cm³/mol. The Hall–Kier alpha value is -0.580. The van der Waals surface area contributed by atoms with Gasteiger partial charge in [0.25, 0.3) is 0 Å². The number of rotatable bonds is 5. The Morgan fingerprint density at radius 2 is 2.32 bits per heavy atom. The lowest BCUT2D eigenvalue weighted by Gasteiger charge is -2.26. The Balaban J connectivity index is 2.36. The SMILES string of the molecule is CCNC(c1cc(Br)c(C)cc1OC)C1CCCO1. The molecule has 1 aliphatic heterocycles. The number of ether oxygens (including phenoxy) is 2. The Bertz CT molecular complexity index is 430. The van der Waals surface area contributed by atoms with E-state index in [1.54, 1.807) is 7.11 Å². The van der Waals surface area contributed by atoms with Crippen molar-refractivity contribution >= 4 is 15.9 Å². The highest BCUT2D eigenvalue weighted by atomic mass is 79.9. The van der Waals surface area contributed by atoms with Crippen molar-refractivity contribution in [1.82, 2.24) is 5.32 Å². The maximum atomic E-state index is 5.86. The number of likely N-dealkylation sites (N-methyl/N-ethyl adjacent to an activating group) is 1. The first-order chi connectivity index (χ1) is 9.17. The molecule has 1 aromatic rings. The third-order valence-electron chi connectivity index (χ3n) is 3.61. The van der Waals surface area contributed by atoms with Crippen LogP contribution in [0.25, 0.3) is 0 Å². The van der Waals surface area contributed by atoms with Gasteiger partial charge >= 0.3 is 0 Å². The van der Waals surface area contributed by atoms with Crippen LogP contribution in [-0.2, 0) is 4.74 Å². The molecule has 2 atom stereocenters. The summed E-state index contributed by atoms with van der Waals surface area (Å²) >= 11 is 3.61. The predicted octanol–water partition coefficient (Wildman–Crippen LogP) is 3.60. The average molecular weight is 328 g/mol. The average Bonchev–Trinajstić information content (AvgIpc) is 2.92. The number of hydrogen-bond acceptors (Lipinski definition) is 3. The molecule has 1 fully saturated rings. The smallest absolute Gasteiger partial charge is 0.124 e. The molecule has 0 radical (unpaired) electrons. The zero-order valence-electron chi connectivity index (χ0n) is 11.8. The van der Waals surface area contributed by atoms with Crippen LogP contribution in [0.5, 0.6) is 5.75 Å². The summed E-state index contributed by atoms with van der Waals surface area (Å²) in [5.41, 5.74) is 2.36. The molecule has 2 unspecified atom stereocenters. The lowest BCUT2D eigenvalue weighted by molar-refractivity contribution is 0.0779. The molecule has 0 aliphatic carbocycles. The van der Waals surface area contributed by atoms with E-state index < -0.39 is 0 Å². The van der Waals surface area contributed by atoms with Crippen LogP contribution in [-0.4, -0.2) is 26.4 Å². The summed E-state index contributed by atoms with van der Waals surface area (Å²) in [6.45, 7) is 5.98. The Morgan fingerprint density at radius 3 is 2.89 bits per heavy atom. The summed E-state index contributed by atoms with van der Waals surface area (Å²) in [5, 5.41) is 3.54. The molecule has 106 valence electrons. The first kappa shape index (κ1) is 14.8. The summed E-state index contributed by atoms with van der Waals surface area (Å²) in [6.07, 6.45) is 2.48. The number of benzene rings is 1. The summed E-state index contributed by atoms with van der Waals surface area (Å²) in [4.78, 5) is 0. The van der Waals surface area contributed by atoms with Gasteiger partial charge in [0.05, 0.1) is 19.3 Å². The first-order valence-corrected chi connectivity index (χ1v) is 7.65. The fourth-order valence-electron chi connectivity index (χ4n) is 2.62. The number of nitrogens with one attached hydrogen (secondary N) is 1. The van der Waals surface area contributed by atoms with E-state index in [0.29, 0.717) is 0 Å². The molecule has 0 bridgehead atoms.